The molecule has 0 unspecified atom stereocenters. The molecule has 13 rings (SSSR count). The number of hydrogen-bond acceptors (Lipinski definition) is 1. The van der Waals surface area contributed by atoms with Gasteiger partial charge in [-0.2, -0.15) is 0 Å². The average molecular weight is 821 g/mol. The maximum Gasteiger partial charge on any atom is 0.143 e. The van der Waals surface area contributed by atoms with Crippen LogP contribution in [0.3, 0.4) is 0 Å². The minimum absolute atomic E-state index is 0.108. The van der Waals surface area contributed by atoms with Crippen LogP contribution in [0.15, 0.2) is 186 Å². The van der Waals surface area contributed by atoms with Crippen molar-refractivity contribution in [1.82, 2.24) is 0 Å². The van der Waals surface area contributed by atoms with Crippen LogP contribution < -0.4 is 0 Å². The fraction of sp³-hybridized carbons (Fsp3) is 0.143. The van der Waals surface area contributed by atoms with Crippen LogP contribution in [-0.4, -0.2) is 0 Å². The molecule has 0 radical (unpaired) electrons. The SMILES string of the molecule is CC(C)(C)C1(C(C)(C)C)c2cc3cc(-c4c5ccccc5c(-c5ccc6oc7c8ccccc8ccc7c6c5)c5ccccc45)ccc3cc2-c2c1c1ccccc1c1ccccc21. The van der Waals surface area contributed by atoms with Crippen LogP contribution in [-0.2, 0) is 5.41 Å². The van der Waals surface area contributed by atoms with E-state index in [4.69, 9.17) is 4.42 Å². The first-order valence-corrected chi connectivity index (χ1v) is 22.8. The molecule has 0 bridgehead atoms. The van der Waals surface area contributed by atoms with Crippen LogP contribution in [0.4, 0.5) is 0 Å². The van der Waals surface area contributed by atoms with Gasteiger partial charge in [-0.15, -0.1) is 0 Å². The Hall–Kier alpha value is -7.22. The average Bonchev–Trinajstić information content (AvgIpc) is 3.84. The van der Waals surface area contributed by atoms with Crippen LogP contribution >= 0.6 is 0 Å². The van der Waals surface area contributed by atoms with Gasteiger partial charge in [0.2, 0.25) is 0 Å². The molecule has 64 heavy (non-hydrogen) atoms. The number of fused-ring (bicyclic) bond motifs is 16. The highest BCUT2D eigenvalue weighted by Crippen LogP contribution is 2.67. The molecule has 0 amide bonds. The standard InChI is InChI=1S/C63H48O/c1-61(2,3)63(62(4,5)6)54-36-41-33-39(28-27-38(41)34-53(54)58-45-21-11-9-19-43(45)44-20-10-16-26-50(44)59(58)63)56-46-22-12-14-24-48(46)57(49-25-15-13-23-47(49)56)40-30-32-55-52(35-40)51-31-29-37-17-7-8-18-42(37)60(51)64-55/h7-36H,1-6H3. The third-order valence-corrected chi connectivity index (χ3v) is 15.1. The summed E-state index contributed by atoms with van der Waals surface area (Å²) in [6.07, 6.45) is 0. The maximum absolute atomic E-state index is 6.58. The molecule has 1 aliphatic carbocycles. The van der Waals surface area contributed by atoms with E-state index >= 15 is 0 Å². The summed E-state index contributed by atoms with van der Waals surface area (Å²) in [6.45, 7) is 14.8. The highest BCUT2D eigenvalue weighted by atomic mass is 16.3. The zero-order chi connectivity index (χ0) is 43.3. The largest absolute Gasteiger partial charge is 0.455 e. The van der Waals surface area contributed by atoms with Crippen molar-refractivity contribution >= 4 is 86.6 Å². The van der Waals surface area contributed by atoms with Crippen molar-refractivity contribution in [1.29, 1.82) is 0 Å². The normalized spacial score (nSPS) is 13.9. The Kier molecular flexibility index (Phi) is 7.54. The summed E-state index contributed by atoms with van der Waals surface area (Å²) >= 11 is 0. The Labute approximate surface area is 373 Å². The van der Waals surface area contributed by atoms with E-state index in [0.29, 0.717) is 0 Å². The molecule has 306 valence electrons. The van der Waals surface area contributed by atoms with E-state index in [1.165, 1.54) is 104 Å². The lowest BCUT2D eigenvalue weighted by Gasteiger charge is -2.53. The Morgan fingerprint density at radius 1 is 0.344 bits per heavy atom. The topological polar surface area (TPSA) is 13.1 Å². The van der Waals surface area contributed by atoms with Gasteiger partial charge in [-0.05, 0) is 151 Å². The first kappa shape index (κ1) is 37.3. The molecule has 1 heterocycles. The quantitative estimate of drug-likeness (QED) is 0.125. The molecule has 1 aromatic heterocycles. The van der Waals surface area contributed by atoms with Gasteiger partial charge >= 0.3 is 0 Å². The summed E-state index contributed by atoms with van der Waals surface area (Å²) in [4.78, 5) is 0. The Morgan fingerprint density at radius 2 is 0.828 bits per heavy atom. The van der Waals surface area contributed by atoms with E-state index in [-0.39, 0.29) is 16.2 Å². The van der Waals surface area contributed by atoms with E-state index in [2.05, 4.69) is 224 Å². The van der Waals surface area contributed by atoms with Gasteiger partial charge in [0.1, 0.15) is 11.2 Å². The first-order chi connectivity index (χ1) is 31.0. The molecule has 1 heteroatoms. The molecular weight excluding hydrogens is 773 g/mol. The molecular formula is C63H48O. The second-order valence-corrected chi connectivity index (χ2v) is 20.4. The van der Waals surface area contributed by atoms with Gasteiger partial charge in [0.25, 0.3) is 0 Å². The van der Waals surface area contributed by atoms with Crippen molar-refractivity contribution in [2.75, 3.05) is 0 Å². The molecule has 0 fully saturated rings. The Balaban J connectivity index is 1.07. The van der Waals surface area contributed by atoms with E-state index in [9.17, 15) is 0 Å². The zero-order valence-electron chi connectivity index (χ0n) is 37.2. The van der Waals surface area contributed by atoms with Crippen LogP contribution in [0.2, 0.25) is 0 Å². The second-order valence-electron chi connectivity index (χ2n) is 20.4. The molecule has 0 atom stereocenters. The van der Waals surface area contributed by atoms with E-state index in [1.54, 1.807) is 0 Å². The second kappa shape index (κ2) is 12.9. The highest BCUT2D eigenvalue weighted by molar-refractivity contribution is 6.24. The number of benzene rings is 11. The summed E-state index contributed by atoms with van der Waals surface area (Å²) in [6, 6.07) is 68.3. The van der Waals surface area contributed by atoms with Gasteiger partial charge in [-0.1, -0.05) is 187 Å². The lowest BCUT2D eigenvalue weighted by molar-refractivity contribution is 0.0965. The van der Waals surface area contributed by atoms with Crippen molar-refractivity contribution in [2.45, 2.75) is 47.0 Å². The van der Waals surface area contributed by atoms with Gasteiger partial charge < -0.3 is 4.42 Å². The molecule has 0 aliphatic heterocycles. The summed E-state index contributed by atoms with van der Waals surface area (Å²) in [5.41, 5.74) is 12.0. The smallest absolute Gasteiger partial charge is 0.143 e. The predicted octanol–water partition coefficient (Wildman–Crippen LogP) is 18.2. The molecule has 0 spiro atoms. The maximum atomic E-state index is 6.58. The molecule has 11 aromatic carbocycles. The minimum atomic E-state index is -0.284. The van der Waals surface area contributed by atoms with E-state index in [0.717, 1.165) is 27.3 Å². The Bertz CT molecular complexity index is 3900. The number of rotatable bonds is 2. The van der Waals surface area contributed by atoms with Crippen molar-refractivity contribution in [2.24, 2.45) is 10.8 Å². The van der Waals surface area contributed by atoms with E-state index in [1.807, 2.05) is 0 Å². The van der Waals surface area contributed by atoms with E-state index < -0.39 is 0 Å². The fourth-order valence-corrected chi connectivity index (χ4v) is 13.0. The lowest BCUT2D eigenvalue weighted by atomic mass is 9.49. The van der Waals surface area contributed by atoms with Crippen LogP contribution in [0.5, 0.6) is 0 Å². The third kappa shape index (κ3) is 4.85. The molecule has 0 N–H and O–H groups in total. The number of furan rings is 1. The predicted molar refractivity (Wildman–Crippen MR) is 275 cm³/mol. The van der Waals surface area contributed by atoms with Gasteiger partial charge in [-0.3, -0.25) is 0 Å². The molecule has 12 aromatic rings. The fourth-order valence-electron chi connectivity index (χ4n) is 13.0. The summed E-state index contributed by atoms with van der Waals surface area (Å²) < 4.78 is 6.58. The van der Waals surface area contributed by atoms with Crippen LogP contribution in [0.1, 0.15) is 52.7 Å². The summed E-state index contributed by atoms with van der Waals surface area (Å²) in [5.74, 6) is 0. The Morgan fingerprint density at radius 3 is 1.44 bits per heavy atom. The van der Waals surface area contributed by atoms with Gasteiger partial charge in [0, 0.05) is 21.6 Å². The monoisotopic (exact) mass is 820 g/mol. The number of hydrogen-bond donors (Lipinski definition) is 0. The van der Waals surface area contributed by atoms with Crippen LogP contribution in [0, 0.1) is 10.8 Å². The lowest BCUT2D eigenvalue weighted by Crippen LogP contribution is -2.50. The molecule has 0 saturated carbocycles. The van der Waals surface area contributed by atoms with Crippen molar-refractivity contribution in [3.05, 3.63) is 193 Å². The van der Waals surface area contributed by atoms with Gasteiger partial charge in [0.15, 0.2) is 0 Å². The summed E-state index contributed by atoms with van der Waals surface area (Å²) in [5, 5.41) is 17.5. The van der Waals surface area contributed by atoms with Crippen LogP contribution in [0.25, 0.3) is 120 Å². The van der Waals surface area contributed by atoms with Gasteiger partial charge in [-0.25, -0.2) is 0 Å². The minimum Gasteiger partial charge on any atom is -0.455 e. The van der Waals surface area contributed by atoms with Crippen molar-refractivity contribution in [3.8, 4) is 33.4 Å². The highest BCUT2D eigenvalue weighted by Gasteiger charge is 2.58. The third-order valence-electron chi connectivity index (χ3n) is 15.1. The summed E-state index contributed by atoms with van der Waals surface area (Å²) in [7, 11) is 0. The zero-order valence-corrected chi connectivity index (χ0v) is 37.2. The molecule has 0 saturated heterocycles. The van der Waals surface area contributed by atoms with Crippen molar-refractivity contribution in [3.63, 3.8) is 0 Å². The first-order valence-electron chi connectivity index (χ1n) is 22.8. The van der Waals surface area contributed by atoms with Gasteiger partial charge in [0.05, 0.1) is 0 Å². The molecule has 1 nitrogen and oxygen atoms in total. The van der Waals surface area contributed by atoms with Crippen molar-refractivity contribution < 1.29 is 4.42 Å². The molecule has 1 aliphatic rings.